The minimum Gasteiger partial charge on any atom is -0.481 e. The van der Waals surface area contributed by atoms with Gasteiger partial charge in [-0.2, -0.15) is 0 Å². The van der Waals surface area contributed by atoms with E-state index in [1.807, 2.05) is 12.1 Å². The minimum atomic E-state index is 0.612. The average Bonchev–Trinajstić information content (AvgIpc) is 2.58. The number of piperazine rings is 1. The lowest BCUT2D eigenvalue weighted by molar-refractivity contribution is 0.249. The van der Waals surface area contributed by atoms with Gasteiger partial charge in [0.05, 0.1) is 7.11 Å². The maximum absolute atomic E-state index is 5.17. The molecule has 2 aromatic rings. The number of anilines is 1. The summed E-state index contributed by atoms with van der Waals surface area (Å²) < 4.78 is 6.34. The van der Waals surface area contributed by atoms with Gasteiger partial charge in [-0.05, 0) is 11.6 Å². The fraction of sp³-hybridized carbons (Fsp3) is 0.375. The Morgan fingerprint density at radius 1 is 1.14 bits per heavy atom. The number of hydrogen-bond acceptors (Lipinski definition) is 5. The van der Waals surface area contributed by atoms with Gasteiger partial charge in [0.25, 0.3) is 0 Å². The van der Waals surface area contributed by atoms with Crippen LogP contribution in [0.25, 0.3) is 0 Å². The fourth-order valence-electron chi connectivity index (χ4n) is 2.62. The minimum absolute atomic E-state index is 0.612. The molecule has 0 bridgehead atoms. The molecule has 0 aliphatic carbocycles. The summed E-state index contributed by atoms with van der Waals surface area (Å²) in [6.07, 6.45) is 1.56. The molecule has 1 saturated heterocycles. The SMILES string of the molecule is COc1cc(N2CCN(Cc3ccccc3Br)CC2)ncn1. The van der Waals surface area contributed by atoms with Crippen LogP contribution in [-0.4, -0.2) is 48.2 Å². The van der Waals surface area contributed by atoms with Crippen molar-refractivity contribution in [2.45, 2.75) is 6.54 Å². The quantitative estimate of drug-likeness (QED) is 0.835. The monoisotopic (exact) mass is 362 g/mol. The van der Waals surface area contributed by atoms with Gasteiger partial charge in [-0.25, -0.2) is 9.97 Å². The van der Waals surface area contributed by atoms with Crippen LogP contribution in [0, 0.1) is 0 Å². The predicted octanol–water partition coefficient (Wildman–Crippen LogP) is 2.57. The van der Waals surface area contributed by atoms with Crippen LogP contribution in [0.2, 0.25) is 0 Å². The van der Waals surface area contributed by atoms with E-state index >= 15 is 0 Å². The summed E-state index contributed by atoms with van der Waals surface area (Å²) in [5.41, 5.74) is 1.33. The van der Waals surface area contributed by atoms with Gasteiger partial charge >= 0.3 is 0 Å². The highest BCUT2D eigenvalue weighted by Gasteiger charge is 2.19. The zero-order chi connectivity index (χ0) is 15.4. The molecule has 5 nitrogen and oxygen atoms in total. The molecule has 6 heteroatoms. The summed E-state index contributed by atoms with van der Waals surface area (Å²) in [6, 6.07) is 10.3. The second-order valence-electron chi connectivity index (χ2n) is 5.27. The zero-order valence-corrected chi connectivity index (χ0v) is 14.2. The van der Waals surface area contributed by atoms with Crippen molar-refractivity contribution < 1.29 is 4.74 Å². The van der Waals surface area contributed by atoms with Crippen molar-refractivity contribution in [2.75, 3.05) is 38.2 Å². The summed E-state index contributed by atoms with van der Waals surface area (Å²) in [7, 11) is 1.63. The highest BCUT2D eigenvalue weighted by atomic mass is 79.9. The summed E-state index contributed by atoms with van der Waals surface area (Å²) in [4.78, 5) is 13.1. The Balaban J connectivity index is 1.59. The number of rotatable bonds is 4. The third-order valence-electron chi connectivity index (χ3n) is 3.88. The van der Waals surface area contributed by atoms with Crippen LogP contribution in [0.5, 0.6) is 5.88 Å². The van der Waals surface area contributed by atoms with Crippen LogP contribution >= 0.6 is 15.9 Å². The second kappa shape index (κ2) is 7.07. The van der Waals surface area contributed by atoms with E-state index in [0.29, 0.717) is 5.88 Å². The van der Waals surface area contributed by atoms with Crippen molar-refractivity contribution >= 4 is 21.7 Å². The number of aromatic nitrogens is 2. The molecule has 1 aliphatic rings. The van der Waals surface area contributed by atoms with E-state index in [0.717, 1.165) is 38.5 Å². The molecular weight excluding hydrogens is 344 g/mol. The van der Waals surface area contributed by atoms with Gasteiger partial charge in [0.1, 0.15) is 12.1 Å². The van der Waals surface area contributed by atoms with Crippen LogP contribution in [0.1, 0.15) is 5.56 Å². The molecule has 1 aromatic heterocycles. The lowest BCUT2D eigenvalue weighted by atomic mass is 10.2. The van der Waals surface area contributed by atoms with Crippen LogP contribution in [0.15, 0.2) is 41.1 Å². The van der Waals surface area contributed by atoms with E-state index in [1.165, 1.54) is 10.0 Å². The number of nitrogens with zero attached hydrogens (tertiary/aromatic N) is 4. The highest BCUT2D eigenvalue weighted by Crippen LogP contribution is 2.20. The van der Waals surface area contributed by atoms with E-state index in [1.54, 1.807) is 13.4 Å². The standard InChI is InChI=1S/C16H19BrN4O/c1-22-16-10-15(18-12-19-16)21-8-6-20(7-9-21)11-13-4-2-3-5-14(13)17/h2-5,10,12H,6-9,11H2,1H3. The first-order valence-electron chi connectivity index (χ1n) is 7.33. The summed E-state index contributed by atoms with van der Waals surface area (Å²) in [6.45, 7) is 4.94. The third kappa shape index (κ3) is 3.56. The van der Waals surface area contributed by atoms with Gasteiger partial charge in [0.15, 0.2) is 0 Å². The third-order valence-corrected chi connectivity index (χ3v) is 4.66. The Labute approximate surface area is 139 Å². The van der Waals surface area contributed by atoms with Gasteiger partial charge < -0.3 is 9.64 Å². The maximum Gasteiger partial charge on any atom is 0.218 e. The summed E-state index contributed by atoms with van der Waals surface area (Å²) in [5, 5.41) is 0. The molecular formula is C16H19BrN4O. The second-order valence-corrected chi connectivity index (χ2v) is 6.13. The topological polar surface area (TPSA) is 41.5 Å². The van der Waals surface area contributed by atoms with Crippen molar-refractivity contribution in [1.29, 1.82) is 0 Å². The van der Waals surface area contributed by atoms with E-state index in [4.69, 9.17) is 4.74 Å². The number of ether oxygens (including phenoxy) is 1. The molecule has 0 radical (unpaired) electrons. The van der Waals surface area contributed by atoms with Gasteiger partial charge in [-0.3, -0.25) is 4.90 Å². The fourth-order valence-corrected chi connectivity index (χ4v) is 3.03. The smallest absolute Gasteiger partial charge is 0.218 e. The molecule has 0 spiro atoms. The molecule has 1 fully saturated rings. The first-order valence-corrected chi connectivity index (χ1v) is 8.12. The van der Waals surface area contributed by atoms with E-state index < -0.39 is 0 Å². The number of benzene rings is 1. The lowest BCUT2D eigenvalue weighted by Crippen LogP contribution is -2.46. The van der Waals surface area contributed by atoms with E-state index in [2.05, 4.69) is 53.9 Å². The molecule has 0 atom stereocenters. The van der Waals surface area contributed by atoms with Crippen molar-refractivity contribution in [3.8, 4) is 5.88 Å². The van der Waals surface area contributed by atoms with Crippen molar-refractivity contribution in [3.63, 3.8) is 0 Å². The van der Waals surface area contributed by atoms with Crippen LogP contribution in [-0.2, 0) is 6.54 Å². The van der Waals surface area contributed by atoms with Crippen molar-refractivity contribution in [2.24, 2.45) is 0 Å². The Morgan fingerprint density at radius 2 is 1.91 bits per heavy atom. The first kappa shape index (κ1) is 15.2. The molecule has 0 saturated carbocycles. The average molecular weight is 363 g/mol. The molecule has 2 heterocycles. The predicted molar refractivity (Wildman–Crippen MR) is 90.2 cm³/mol. The Bertz CT molecular complexity index is 629. The van der Waals surface area contributed by atoms with Gasteiger partial charge in [0.2, 0.25) is 5.88 Å². The summed E-state index contributed by atoms with van der Waals surface area (Å²) >= 11 is 3.62. The van der Waals surface area contributed by atoms with E-state index in [-0.39, 0.29) is 0 Å². The normalized spacial score (nSPS) is 15.8. The largest absolute Gasteiger partial charge is 0.481 e. The zero-order valence-electron chi connectivity index (χ0n) is 12.6. The van der Waals surface area contributed by atoms with Crippen molar-refractivity contribution in [3.05, 3.63) is 46.7 Å². The Morgan fingerprint density at radius 3 is 2.64 bits per heavy atom. The molecule has 116 valence electrons. The van der Waals surface area contributed by atoms with Crippen LogP contribution in [0.4, 0.5) is 5.82 Å². The first-order chi connectivity index (χ1) is 10.8. The molecule has 0 amide bonds. The van der Waals surface area contributed by atoms with Crippen molar-refractivity contribution in [1.82, 2.24) is 14.9 Å². The molecule has 0 N–H and O–H groups in total. The van der Waals surface area contributed by atoms with Crippen LogP contribution < -0.4 is 9.64 Å². The lowest BCUT2D eigenvalue weighted by Gasteiger charge is -2.35. The number of hydrogen-bond donors (Lipinski definition) is 0. The van der Waals surface area contributed by atoms with Gasteiger partial charge in [0, 0.05) is 43.3 Å². The van der Waals surface area contributed by atoms with Crippen LogP contribution in [0.3, 0.4) is 0 Å². The summed E-state index contributed by atoms with van der Waals surface area (Å²) in [5.74, 6) is 1.55. The molecule has 22 heavy (non-hydrogen) atoms. The maximum atomic E-state index is 5.17. The Hall–Kier alpha value is -1.66. The molecule has 1 aliphatic heterocycles. The van der Waals surface area contributed by atoms with E-state index in [9.17, 15) is 0 Å². The molecule has 3 rings (SSSR count). The number of halogens is 1. The molecule has 0 unspecified atom stereocenters. The van der Waals surface area contributed by atoms with Gasteiger partial charge in [-0.1, -0.05) is 34.1 Å². The highest BCUT2D eigenvalue weighted by molar-refractivity contribution is 9.10. The Kier molecular flexibility index (Phi) is 4.90. The molecule has 1 aromatic carbocycles. The van der Waals surface area contributed by atoms with Gasteiger partial charge in [-0.15, -0.1) is 0 Å². The number of methoxy groups -OCH3 is 1.